The van der Waals surface area contributed by atoms with Crippen molar-refractivity contribution in [3.05, 3.63) is 33.8 Å². The Morgan fingerprint density at radius 2 is 2.13 bits per heavy atom. The van der Waals surface area contributed by atoms with Crippen LogP contribution in [0.5, 0.6) is 0 Å². The zero-order valence-electron chi connectivity index (χ0n) is 8.89. The van der Waals surface area contributed by atoms with Crippen LogP contribution in [0.15, 0.2) is 18.2 Å². The van der Waals surface area contributed by atoms with Crippen LogP contribution in [0.4, 0.5) is 0 Å². The topological polar surface area (TPSA) is 21.3 Å². The van der Waals surface area contributed by atoms with Crippen molar-refractivity contribution in [2.45, 2.75) is 13.0 Å². The first-order valence-electron chi connectivity index (χ1n) is 4.89. The largest absolute Gasteiger partial charge is 0.380 e. The van der Waals surface area contributed by atoms with E-state index >= 15 is 0 Å². The minimum absolute atomic E-state index is 0.106. The lowest BCUT2D eigenvalue weighted by Crippen LogP contribution is -2.22. The van der Waals surface area contributed by atoms with E-state index in [9.17, 15) is 0 Å². The van der Waals surface area contributed by atoms with E-state index in [2.05, 4.69) is 5.32 Å². The standard InChI is InChI=1S/C11H15Cl2NO/c1-3-15-7-11(14-2)9-5-4-8(12)6-10(9)13/h4-6,11,14H,3,7H2,1-2H3. The fraction of sp³-hybridized carbons (Fsp3) is 0.455. The van der Waals surface area contributed by atoms with Gasteiger partial charge < -0.3 is 10.1 Å². The van der Waals surface area contributed by atoms with Crippen molar-refractivity contribution in [3.8, 4) is 0 Å². The first-order chi connectivity index (χ1) is 7.19. The predicted octanol–water partition coefficient (Wildman–Crippen LogP) is 3.29. The van der Waals surface area contributed by atoms with Crippen molar-refractivity contribution in [1.29, 1.82) is 0 Å². The fourth-order valence-electron chi connectivity index (χ4n) is 1.35. The summed E-state index contributed by atoms with van der Waals surface area (Å²) in [5.74, 6) is 0. The van der Waals surface area contributed by atoms with E-state index in [1.54, 1.807) is 6.07 Å². The van der Waals surface area contributed by atoms with Crippen molar-refractivity contribution < 1.29 is 4.74 Å². The highest BCUT2D eigenvalue weighted by Crippen LogP contribution is 2.26. The van der Waals surface area contributed by atoms with Gasteiger partial charge in [0.15, 0.2) is 0 Å². The highest BCUT2D eigenvalue weighted by Gasteiger charge is 2.12. The van der Waals surface area contributed by atoms with Gasteiger partial charge in [0, 0.05) is 16.7 Å². The van der Waals surface area contributed by atoms with Gasteiger partial charge in [-0.05, 0) is 31.7 Å². The Labute approximate surface area is 101 Å². The van der Waals surface area contributed by atoms with Crippen molar-refractivity contribution >= 4 is 23.2 Å². The third-order valence-corrected chi connectivity index (χ3v) is 2.74. The molecule has 0 bridgehead atoms. The SMILES string of the molecule is CCOCC(NC)c1ccc(Cl)cc1Cl. The third-order valence-electron chi connectivity index (χ3n) is 2.18. The van der Waals surface area contributed by atoms with Crippen LogP contribution < -0.4 is 5.32 Å². The zero-order chi connectivity index (χ0) is 11.3. The zero-order valence-corrected chi connectivity index (χ0v) is 10.4. The van der Waals surface area contributed by atoms with E-state index < -0.39 is 0 Å². The lowest BCUT2D eigenvalue weighted by molar-refractivity contribution is 0.125. The van der Waals surface area contributed by atoms with Crippen molar-refractivity contribution in [3.63, 3.8) is 0 Å². The summed E-state index contributed by atoms with van der Waals surface area (Å²) >= 11 is 11.9. The first-order valence-corrected chi connectivity index (χ1v) is 5.64. The van der Waals surface area contributed by atoms with Crippen molar-refractivity contribution in [2.24, 2.45) is 0 Å². The molecule has 84 valence electrons. The number of nitrogens with one attached hydrogen (secondary N) is 1. The Hall–Kier alpha value is -0.280. The molecule has 0 heterocycles. The molecule has 1 unspecified atom stereocenters. The van der Waals surface area contributed by atoms with Gasteiger partial charge in [-0.3, -0.25) is 0 Å². The van der Waals surface area contributed by atoms with Crippen LogP contribution in [0.25, 0.3) is 0 Å². The van der Waals surface area contributed by atoms with E-state index in [0.29, 0.717) is 23.3 Å². The van der Waals surface area contributed by atoms with Crippen LogP contribution in [0.1, 0.15) is 18.5 Å². The summed E-state index contributed by atoms with van der Waals surface area (Å²) in [6.45, 7) is 3.27. The molecule has 0 amide bonds. The molecule has 15 heavy (non-hydrogen) atoms. The molecule has 0 aliphatic heterocycles. The van der Waals surface area contributed by atoms with Gasteiger partial charge in [0.2, 0.25) is 0 Å². The summed E-state index contributed by atoms with van der Waals surface area (Å²) < 4.78 is 5.37. The molecule has 2 nitrogen and oxygen atoms in total. The normalized spacial score (nSPS) is 12.8. The van der Waals surface area contributed by atoms with E-state index in [1.807, 2.05) is 26.1 Å². The van der Waals surface area contributed by atoms with E-state index in [-0.39, 0.29) is 6.04 Å². The van der Waals surface area contributed by atoms with Crippen LogP contribution in [0.2, 0.25) is 10.0 Å². The number of halogens is 2. The van der Waals surface area contributed by atoms with Gasteiger partial charge in [-0.1, -0.05) is 29.3 Å². The Balaban J connectivity index is 2.81. The lowest BCUT2D eigenvalue weighted by atomic mass is 10.1. The minimum Gasteiger partial charge on any atom is -0.380 e. The molecule has 0 spiro atoms. The minimum atomic E-state index is 0.106. The molecule has 0 aliphatic carbocycles. The second-order valence-electron chi connectivity index (χ2n) is 3.17. The summed E-state index contributed by atoms with van der Waals surface area (Å²) in [7, 11) is 1.88. The van der Waals surface area contributed by atoms with Gasteiger partial charge in [-0.15, -0.1) is 0 Å². The first kappa shape index (κ1) is 12.8. The number of ether oxygens (including phenoxy) is 1. The van der Waals surface area contributed by atoms with Crippen LogP contribution in [0, 0.1) is 0 Å². The summed E-state index contributed by atoms with van der Waals surface area (Å²) in [5.41, 5.74) is 1.01. The molecule has 0 fully saturated rings. The molecule has 1 rings (SSSR count). The second-order valence-corrected chi connectivity index (χ2v) is 4.01. The average molecular weight is 248 g/mol. The average Bonchev–Trinajstić information content (AvgIpc) is 2.21. The van der Waals surface area contributed by atoms with Gasteiger partial charge in [0.1, 0.15) is 0 Å². The molecule has 1 atom stereocenters. The fourth-order valence-corrected chi connectivity index (χ4v) is 1.89. The number of rotatable bonds is 5. The number of hydrogen-bond donors (Lipinski definition) is 1. The molecule has 0 radical (unpaired) electrons. The van der Waals surface area contributed by atoms with Crippen LogP contribution >= 0.6 is 23.2 Å². The number of benzene rings is 1. The summed E-state index contributed by atoms with van der Waals surface area (Å²) in [6.07, 6.45) is 0. The molecule has 0 saturated carbocycles. The Morgan fingerprint density at radius 1 is 1.40 bits per heavy atom. The Kier molecular flexibility index (Phi) is 5.40. The van der Waals surface area contributed by atoms with Crippen molar-refractivity contribution in [2.75, 3.05) is 20.3 Å². The smallest absolute Gasteiger partial charge is 0.0661 e. The molecular formula is C11H15Cl2NO. The molecule has 0 aliphatic rings. The van der Waals surface area contributed by atoms with E-state index in [1.165, 1.54) is 0 Å². The van der Waals surface area contributed by atoms with Crippen LogP contribution in [-0.2, 0) is 4.74 Å². The van der Waals surface area contributed by atoms with Gasteiger partial charge in [-0.25, -0.2) is 0 Å². The Bertz CT molecular complexity index is 317. The summed E-state index contributed by atoms with van der Waals surface area (Å²) in [6, 6.07) is 5.60. The van der Waals surface area contributed by atoms with Crippen molar-refractivity contribution in [1.82, 2.24) is 5.32 Å². The predicted molar refractivity (Wildman–Crippen MR) is 64.8 cm³/mol. The van der Waals surface area contributed by atoms with Crippen LogP contribution in [0.3, 0.4) is 0 Å². The van der Waals surface area contributed by atoms with Gasteiger partial charge >= 0.3 is 0 Å². The molecule has 0 saturated heterocycles. The molecule has 0 aromatic heterocycles. The Morgan fingerprint density at radius 3 is 2.67 bits per heavy atom. The second kappa shape index (κ2) is 6.33. The maximum Gasteiger partial charge on any atom is 0.0661 e. The van der Waals surface area contributed by atoms with Crippen LogP contribution in [-0.4, -0.2) is 20.3 Å². The third kappa shape index (κ3) is 3.65. The maximum absolute atomic E-state index is 6.10. The summed E-state index contributed by atoms with van der Waals surface area (Å²) in [5, 5.41) is 4.48. The van der Waals surface area contributed by atoms with Gasteiger partial charge in [0.05, 0.1) is 12.6 Å². The lowest BCUT2D eigenvalue weighted by Gasteiger charge is -2.17. The number of hydrogen-bond acceptors (Lipinski definition) is 2. The number of likely N-dealkylation sites (N-methyl/N-ethyl adjacent to an activating group) is 1. The monoisotopic (exact) mass is 247 g/mol. The molecule has 4 heteroatoms. The quantitative estimate of drug-likeness (QED) is 0.863. The van der Waals surface area contributed by atoms with Gasteiger partial charge in [-0.2, -0.15) is 0 Å². The molecule has 1 N–H and O–H groups in total. The highest BCUT2D eigenvalue weighted by molar-refractivity contribution is 6.35. The van der Waals surface area contributed by atoms with E-state index in [4.69, 9.17) is 27.9 Å². The van der Waals surface area contributed by atoms with E-state index in [0.717, 1.165) is 5.56 Å². The highest BCUT2D eigenvalue weighted by atomic mass is 35.5. The summed E-state index contributed by atoms with van der Waals surface area (Å²) in [4.78, 5) is 0. The maximum atomic E-state index is 6.10. The molecule has 1 aromatic carbocycles. The van der Waals surface area contributed by atoms with Gasteiger partial charge in [0.25, 0.3) is 0 Å². The molecular weight excluding hydrogens is 233 g/mol. The molecule has 1 aromatic rings.